The third-order valence-electron chi connectivity index (χ3n) is 3.66. The normalized spacial score (nSPS) is 18.2. The first-order valence-electron chi connectivity index (χ1n) is 7.57. The number of rotatable bonds is 9. The maximum absolute atomic E-state index is 11.4. The van der Waals surface area contributed by atoms with Crippen molar-refractivity contribution in [1.29, 1.82) is 0 Å². The summed E-state index contributed by atoms with van der Waals surface area (Å²) in [7, 11) is 0. The largest absolute Gasteiger partial charge is 0.295 e. The maximum atomic E-state index is 11.4. The van der Waals surface area contributed by atoms with Crippen LogP contribution >= 0.6 is 0 Å². The van der Waals surface area contributed by atoms with E-state index in [4.69, 9.17) is 0 Å². The molecule has 1 rings (SSSR count). The van der Waals surface area contributed by atoms with Crippen LogP contribution in [0, 0.1) is 0 Å². The van der Waals surface area contributed by atoms with Crippen molar-refractivity contribution in [2.75, 3.05) is 0 Å². The van der Waals surface area contributed by atoms with E-state index in [9.17, 15) is 4.79 Å². The molecule has 0 aliphatic heterocycles. The number of ketones is 1. The molecule has 0 atom stereocenters. The van der Waals surface area contributed by atoms with Crippen LogP contribution in [-0.4, -0.2) is 5.78 Å². The molecule has 1 saturated carbocycles. The van der Waals surface area contributed by atoms with Crippen molar-refractivity contribution >= 4 is 5.78 Å². The Labute approximate surface area is 107 Å². The third kappa shape index (κ3) is 6.65. The van der Waals surface area contributed by atoms with E-state index in [0.717, 1.165) is 31.3 Å². The predicted molar refractivity (Wildman–Crippen MR) is 74.2 cm³/mol. The Morgan fingerprint density at radius 1 is 0.941 bits per heavy atom. The van der Waals surface area contributed by atoms with Crippen LogP contribution in [0.2, 0.25) is 0 Å². The standard InChI is InChI=1S/C16H28O/c1-2-3-4-5-6-7-8-9-10-12-15-13-11-14-16(15)17/h12H,2-11,13-14H2,1H3/b15-12+. The second-order valence-corrected chi connectivity index (χ2v) is 5.27. The lowest BCUT2D eigenvalue weighted by Crippen LogP contribution is -1.91. The van der Waals surface area contributed by atoms with Crippen LogP contribution in [0.15, 0.2) is 11.6 Å². The molecule has 0 N–H and O–H groups in total. The van der Waals surface area contributed by atoms with Gasteiger partial charge in [0.05, 0.1) is 0 Å². The predicted octanol–water partition coefficient (Wildman–Crippen LogP) is 5.20. The number of carbonyl (C=O) groups excluding carboxylic acids is 1. The summed E-state index contributed by atoms with van der Waals surface area (Å²) in [6.07, 6.45) is 17.2. The number of hydrogen-bond donors (Lipinski definition) is 0. The summed E-state index contributed by atoms with van der Waals surface area (Å²) in [5.41, 5.74) is 1.12. The monoisotopic (exact) mass is 236 g/mol. The van der Waals surface area contributed by atoms with Crippen LogP contribution in [0.4, 0.5) is 0 Å². The molecule has 1 heteroatoms. The minimum atomic E-state index is 0.407. The molecular weight excluding hydrogens is 208 g/mol. The number of allylic oxidation sites excluding steroid dienone is 2. The van der Waals surface area contributed by atoms with E-state index >= 15 is 0 Å². The summed E-state index contributed by atoms with van der Waals surface area (Å²) in [6.45, 7) is 2.26. The fraction of sp³-hybridized carbons (Fsp3) is 0.812. The van der Waals surface area contributed by atoms with Crippen LogP contribution in [0.25, 0.3) is 0 Å². The van der Waals surface area contributed by atoms with E-state index in [1.54, 1.807) is 0 Å². The van der Waals surface area contributed by atoms with Crippen LogP contribution in [0.1, 0.15) is 84.0 Å². The number of carbonyl (C=O) groups is 1. The number of unbranched alkanes of at least 4 members (excludes halogenated alkanes) is 8. The van der Waals surface area contributed by atoms with Gasteiger partial charge in [-0.3, -0.25) is 4.79 Å². The van der Waals surface area contributed by atoms with Crippen LogP contribution in [0.5, 0.6) is 0 Å². The van der Waals surface area contributed by atoms with Crippen molar-refractivity contribution in [2.45, 2.75) is 84.0 Å². The minimum absolute atomic E-state index is 0.407. The summed E-state index contributed by atoms with van der Waals surface area (Å²) in [4.78, 5) is 11.4. The molecule has 1 aliphatic carbocycles. The zero-order chi connectivity index (χ0) is 12.3. The minimum Gasteiger partial charge on any atom is -0.295 e. The highest BCUT2D eigenvalue weighted by atomic mass is 16.1. The number of hydrogen-bond acceptors (Lipinski definition) is 1. The molecular formula is C16H28O. The van der Waals surface area contributed by atoms with E-state index in [1.165, 1.54) is 51.4 Å². The van der Waals surface area contributed by atoms with Crippen molar-refractivity contribution in [3.8, 4) is 0 Å². The average Bonchev–Trinajstić information content (AvgIpc) is 2.73. The quantitative estimate of drug-likeness (QED) is 0.397. The average molecular weight is 236 g/mol. The molecule has 17 heavy (non-hydrogen) atoms. The lowest BCUT2D eigenvalue weighted by Gasteiger charge is -2.00. The van der Waals surface area contributed by atoms with Gasteiger partial charge in [0, 0.05) is 6.42 Å². The lowest BCUT2D eigenvalue weighted by atomic mass is 10.1. The van der Waals surface area contributed by atoms with Crippen molar-refractivity contribution in [2.24, 2.45) is 0 Å². The molecule has 1 nitrogen and oxygen atoms in total. The Kier molecular flexibility index (Phi) is 8.04. The third-order valence-corrected chi connectivity index (χ3v) is 3.66. The van der Waals surface area contributed by atoms with Gasteiger partial charge in [0.1, 0.15) is 0 Å². The van der Waals surface area contributed by atoms with Crippen LogP contribution in [0.3, 0.4) is 0 Å². The van der Waals surface area contributed by atoms with E-state index < -0.39 is 0 Å². The molecule has 0 aromatic heterocycles. The Balaban J connectivity index is 1.89. The molecule has 98 valence electrons. The molecule has 0 aromatic carbocycles. The topological polar surface area (TPSA) is 17.1 Å². The summed E-state index contributed by atoms with van der Waals surface area (Å²) in [6, 6.07) is 0. The molecule has 0 saturated heterocycles. The van der Waals surface area contributed by atoms with Gasteiger partial charge >= 0.3 is 0 Å². The summed E-state index contributed by atoms with van der Waals surface area (Å²) in [5, 5.41) is 0. The zero-order valence-electron chi connectivity index (χ0n) is 11.5. The fourth-order valence-electron chi connectivity index (χ4n) is 2.51. The smallest absolute Gasteiger partial charge is 0.158 e. The highest BCUT2D eigenvalue weighted by molar-refractivity contribution is 5.97. The summed E-state index contributed by atoms with van der Waals surface area (Å²) >= 11 is 0. The second-order valence-electron chi connectivity index (χ2n) is 5.27. The Bertz CT molecular complexity index is 240. The molecule has 1 aliphatic rings. The van der Waals surface area contributed by atoms with E-state index in [-0.39, 0.29) is 0 Å². The highest BCUT2D eigenvalue weighted by Gasteiger charge is 2.15. The van der Waals surface area contributed by atoms with Crippen LogP contribution in [-0.2, 0) is 4.79 Å². The molecule has 0 amide bonds. The number of Topliss-reactive ketones (excluding diaryl/α,β-unsaturated/α-hetero) is 1. The first kappa shape index (κ1) is 14.5. The molecule has 1 fully saturated rings. The zero-order valence-corrected chi connectivity index (χ0v) is 11.5. The van der Waals surface area contributed by atoms with Crippen molar-refractivity contribution in [3.05, 3.63) is 11.6 Å². The first-order valence-corrected chi connectivity index (χ1v) is 7.57. The van der Waals surface area contributed by atoms with Gasteiger partial charge in [0.25, 0.3) is 0 Å². The molecule has 0 unspecified atom stereocenters. The van der Waals surface area contributed by atoms with E-state index in [0.29, 0.717) is 5.78 Å². The highest BCUT2D eigenvalue weighted by Crippen LogP contribution is 2.21. The van der Waals surface area contributed by atoms with E-state index in [2.05, 4.69) is 13.0 Å². The van der Waals surface area contributed by atoms with Crippen molar-refractivity contribution in [3.63, 3.8) is 0 Å². The molecule has 0 radical (unpaired) electrons. The van der Waals surface area contributed by atoms with Gasteiger partial charge in [0.2, 0.25) is 0 Å². The second kappa shape index (κ2) is 9.44. The van der Waals surface area contributed by atoms with Crippen molar-refractivity contribution < 1.29 is 4.79 Å². The van der Waals surface area contributed by atoms with Gasteiger partial charge in [-0.1, -0.05) is 57.9 Å². The molecule has 0 bridgehead atoms. The fourth-order valence-corrected chi connectivity index (χ4v) is 2.51. The van der Waals surface area contributed by atoms with Gasteiger partial charge in [0.15, 0.2) is 5.78 Å². The summed E-state index contributed by atoms with van der Waals surface area (Å²) in [5.74, 6) is 0.407. The first-order chi connectivity index (χ1) is 8.34. The Morgan fingerprint density at radius 2 is 1.59 bits per heavy atom. The van der Waals surface area contributed by atoms with Crippen molar-refractivity contribution in [1.82, 2.24) is 0 Å². The molecule has 0 spiro atoms. The van der Waals surface area contributed by atoms with Gasteiger partial charge in [-0.25, -0.2) is 0 Å². The van der Waals surface area contributed by atoms with Crippen LogP contribution < -0.4 is 0 Å². The summed E-state index contributed by atoms with van der Waals surface area (Å²) < 4.78 is 0. The molecule has 0 aromatic rings. The molecule has 0 heterocycles. The maximum Gasteiger partial charge on any atom is 0.158 e. The SMILES string of the molecule is CCCCCCCCCC/C=C1\CCCC1=O. The van der Waals surface area contributed by atoms with Gasteiger partial charge in [-0.15, -0.1) is 0 Å². The van der Waals surface area contributed by atoms with Gasteiger partial charge in [-0.2, -0.15) is 0 Å². The Hall–Kier alpha value is -0.590. The van der Waals surface area contributed by atoms with E-state index in [1.807, 2.05) is 0 Å². The van der Waals surface area contributed by atoms with Gasteiger partial charge < -0.3 is 0 Å². The lowest BCUT2D eigenvalue weighted by molar-refractivity contribution is -0.114. The van der Waals surface area contributed by atoms with Gasteiger partial charge in [-0.05, 0) is 31.3 Å². The Morgan fingerprint density at radius 3 is 2.18 bits per heavy atom.